The van der Waals surface area contributed by atoms with E-state index in [4.69, 9.17) is 16.3 Å². The summed E-state index contributed by atoms with van der Waals surface area (Å²) in [4.78, 5) is 14.2. The zero-order valence-corrected chi connectivity index (χ0v) is 19.8. The van der Waals surface area contributed by atoms with Crippen molar-refractivity contribution in [2.24, 2.45) is 11.8 Å². The number of carbonyl (C=O) groups excluding carboxylic acids is 1. The van der Waals surface area contributed by atoms with Gasteiger partial charge in [0.2, 0.25) is 15.9 Å². The summed E-state index contributed by atoms with van der Waals surface area (Å²) >= 11 is 6.18. The van der Waals surface area contributed by atoms with Crippen LogP contribution in [0.1, 0.15) is 46.0 Å². The fraction of sp³-hybridized carbons (Fsp3) is 0.682. The van der Waals surface area contributed by atoms with E-state index in [9.17, 15) is 13.2 Å². The van der Waals surface area contributed by atoms with Crippen LogP contribution in [0.2, 0.25) is 5.02 Å². The molecule has 0 spiro atoms. The summed E-state index contributed by atoms with van der Waals surface area (Å²) in [5.41, 5.74) is 0.499. The monoisotopic (exact) mass is 469 g/mol. The molecular weight excluding hydrogens is 438 g/mol. The summed E-state index contributed by atoms with van der Waals surface area (Å²) in [5, 5.41) is 3.13. The first-order valence-corrected chi connectivity index (χ1v) is 13.0. The molecule has 3 aliphatic rings. The van der Waals surface area contributed by atoms with Crippen molar-refractivity contribution in [2.45, 2.75) is 62.5 Å². The Labute approximate surface area is 189 Å². The molecule has 172 valence electrons. The van der Waals surface area contributed by atoms with E-state index in [-0.39, 0.29) is 35.4 Å². The lowest BCUT2D eigenvalue weighted by atomic mass is 9.89. The Kier molecular flexibility index (Phi) is 6.54. The predicted molar refractivity (Wildman–Crippen MR) is 121 cm³/mol. The number of amides is 1. The lowest BCUT2D eigenvalue weighted by molar-refractivity contribution is -0.121. The molecule has 1 aromatic rings. The first-order chi connectivity index (χ1) is 14.7. The number of sulfonamides is 1. The van der Waals surface area contributed by atoms with Crippen molar-refractivity contribution in [3.63, 3.8) is 0 Å². The minimum atomic E-state index is -3.83. The van der Waals surface area contributed by atoms with Gasteiger partial charge in [-0.15, -0.1) is 0 Å². The van der Waals surface area contributed by atoms with Gasteiger partial charge in [0.05, 0.1) is 17.9 Å². The molecule has 0 radical (unpaired) electrons. The molecule has 31 heavy (non-hydrogen) atoms. The zero-order chi connectivity index (χ0) is 22.2. The third-order valence-electron chi connectivity index (χ3n) is 6.35. The number of nitrogens with one attached hydrogen (secondary N) is 2. The molecule has 7 nitrogen and oxygen atoms in total. The van der Waals surface area contributed by atoms with Gasteiger partial charge < -0.3 is 15.0 Å². The summed E-state index contributed by atoms with van der Waals surface area (Å²) in [6, 6.07) is 5.04. The number of rotatable bonds is 9. The number of nitrogens with zero attached hydrogens (tertiary/aromatic N) is 1. The third-order valence-corrected chi connectivity index (χ3v) is 8.08. The van der Waals surface area contributed by atoms with E-state index in [1.807, 2.05) is 13.8 Å². The Morgan fingerprint density at radius 2 is 1.94 bits per heavy atom. The summed E-state index contributed by atoms with van der Waals surface area (Å²) < 4.78 is 35.2. The topological polar surface area (TPSA) is 87.7 Å². The van der Waals surface area contributed by atoms with Crippen LogP contribution in [0.3, 0.4) is 0 Å². The molecule has 0 bridgehead atoms. The van der Waals surface area contributed by atoms with E-state index in [2.05, 4.69) is 14.9 Å². The highest BCUT2D eigenvalue weighted by Crippen LogP contribution is 2.55. The second-order valence-electron chi connectivity index (χ2n) is 9.26. The van der Waals surface area contributed by atoms with Crippen molar-refractivity contribution in [2.75, 3.05) is 31.1 Å². The quantitative estimate of drug-likeness (QED) is 0.580. The van der Waals surface area contributed by atoms with E-state index in [0.717, 1.165) is 0 Å². The number of ether oxygens (including phenoxy) is 1. The van der Waals surface area contributed by atoms with Gasteiger partial charge in [-0.2, -0.15) is 0 Å². The highest BCUT2D eigenvalue weighted by atomic mass is 35.5. The largest absolute Gasteiger partial charge is 0.371 e. The van der Waals surface area contributed by atoms with Gasteiger partial charge in [0.25, 0.3) is 0 Å². The normalized spacial score (nSPS) is 21.4. The van der Waals surface area contributed by atoms with Gasteiger partial charge in [-0.25, -0.2) is 13.1 Å². The predicted octanol–water partition coefficient (Wildman–Crippen LogP) is 2.93. The summed E-state index contributed by atoms with van der Waals surface area (Å²) in [6.45, 7) is 5.71. The first-order valence-electron chi connectivity index (χ1n) is 11.2. The molecule has 2 saturated carbocycles. The van der Waals surface area contributed by atoms with Crippen molar-refractivity contribution in [3.8, 4) is 0 Å². The van der Waals surface area contributed by atoms with Gasteiger partial charge in [0, 0.05) is 37.1 Å². The van der Waals surface area contributed by atoms with Crippen LogP contribution in [0.5, 0.6) is 0 Å². The zero-order valence-electron chi connectivity index (χ0n) is 18.2. The molecule has 1 aliphatic heterocycles. The van der Waals surface area contributed by atoms with Crippen LogP contribution >= 0.6 is 11.6 Å². The number of anilines is 1. The molecule has 1 aromatic carbocycles. The summed E-state index contributed by atoms with van der Waals surface area (Å²) in [5.74, 6) is 0.969. The number of carbonyl (C=O) groups is 1. The number of halogens is 1. The summed E-state index contributed by atoms with van der Waals surface area (Å²) in [6.07, 6.45) is 4.84. The number of hydrogen-bond acceptors (Lipinski definition) is 5. The molecule has 0 atom stereocenters. The van der Waals surface area contributed by atoms with Gasteiger partial charge in [-0.05, 0) is 69.6 Å². The van der Waals surface area contributed by atoms with Crippen LogP contribution < -0.4 is 14.9 Å². The maximum atomic E-state index is 13.1. The fourth-order valence-corrected chi connectivity index (χ4v) is 6.20. The van der Waals surface area contributed by atoms with Gasteiger partial charge in [0.15, 0.2) is 0 Å². The van der Waals surface area contributed by atoms with E-state index in [1.54, 1.807) is 12.1 Å². The lowest BCUT2D eigenvalue weighted by Gasteiger charge is -2.45. The van der Waals surface area contributed by atoms with Crippen molar-refractivity contribution in [3.05, 3.63) is 23.2 Å². The van der Waals surface area contributed by atoms with E-state index >= 15 is 0 Å². The maximum absolute atomic E-state index is 13.1. The average molecular weight is 470 g/mol. The van der Waals surface area contributed by atoms with Crippen LogP contribution in [-0.4, -0.2) is 52.2 Å². The minimum Gasteiger partial charge on any atom is -0.371 e. The van der Waals surface area contributed by atoms with Crippen LogP contribution in [0.4, 0.5) is 5.69 Å². The standard InChI is InChI=1S/C22H32ClN3O4S/c1-15(2)25-21(27)9-10-24-31(28,29)20-13-18(23)7-8-19(20)26-11-12-30-22(14-26,16-3-4-16)17-5-6-17/h7-8,13,15-17,24H,3-6,9-12,14H2,1-2H3,(H,25,27). The Balaban J connectivity index is 1.52. The number of hydrogen-bond donors (Lipinski definition) is 2. The van der Waals surface area contributed by atoms with Crippen molar-refractivity contribution in [1.82, 2.24) is 10.0 Å². The van der Waals surface area contributed by atoms with Crippen molar-refractivity contribution >= 4 is 33.2 Å². The van der Waals surface area contributed by atoms with Crippen LogP contribution in [-0.2, 0) is 19.6 Å². The van der Waals surface area contributed by atoms with Crippen LogP contribution in [0.25, 0.3) is 0 Å². The molecule has 1 saturated heterocycles. The molecule has 0 unspecified atom stereocenters. The van der Waals surface area contributed by atoms with Gasteiger partial charge >= 0.3 is 0 Å². The number of morpholine rings is 1. The molecule has 9 heteroatoms. The Morgan fingerprint density at radius 1 is 1.26 bits per heavy atom. The highest BCUT2D eigenvalue weighted by Gasteiger charge is 2.57. The fourth-order valence-electron chi connectivity index (χ4n) is 4.68. The van der Waals surface area contributed by atoms with Crippen LogP contribution in [0, 0.1) is 11.8 Å². The highest BCUT2D eigenvalue weighted by molar-refractivity contribution is 7.89. The second-order valence-corrected chi connectivity index (χ2v) is 11.4. The maximum Gasteiger partial charge on any atom is 0.242 e. The Morgan fingerprint density at radius 3 is 2.55 bits per heavy atom. The second kappa shape index (κ2) is 8.89. The molecule has 0 aromatic heterocycles. The third kappa shape index (κ3) is 5.18. The Bertz CT molecular complexity index is 917. The molecule has 1 heterocycles. The molecule has 3 fully saturated rings. The molecule has 1 amide bonds. The molecule has 4 rings (SSSR count). The smallest absolute Gasteiger partial charge is 0.242 e. The van der Waals surface area contributed by atoms with E-state index in [1.165, 1.54) is 31.7 Å². The molecular formula is C22H32ClN3O4S. The average Bonchev–Trinajstić information content (AvgIpc) is 3.60. The van der Waals surface area contributed by atoms with Crippen molar-refractivity contribution < 1.29 is 17.9 Å². The minimum absolute atomic E-state index is 0.0168. The van der Waals surface area contributed by atoms with Crippen LogP contribution in [0.15, 0.2) is 23.1 Å². The SMILES string of the molecule is CC(C)NC(=O)CCNS(=O)(=O)c1cc(Cl)ccc1N1CCOC(C2CC2)(C2CC2)C1. The van der Waals surface area contributed by atoms with Crippen molar-refractivity contribution in [1.29, 1.82) is 0 Å². The first kappa shape index (κ1) is 22.8. The molecule has 2 aliphatic carbocycles. The number of benzene rings is 1. The van der Waals surface area contributed by atoms with Gasteiger partial charge in [0.1, 0.15) is 4.90 Å². The van der Waals surface area contributed by atoms with E-state index in [0.29, 0.717) is 42.2 Å². The van der Waals surface area contributed by atoms with Gasteiger partial charge in [-0.3, -0.25) is 4.79 Å². The van der Waals surface area contributed by atoms with E-state index < -0.39 is 10.0 Å². The Hall–Kier alpha value is -1.35. The summed E-state index contributed by atoms with van der Waals surface area (Å²) in [7, 11) is -3.83. The van der Waals surface area contributed by atoms with Gasteiger partial charge in [-0.1, -0.05) is 11.6 Å². The lowest BCUT2D eigenvalue weighted by Crippen LogP contribution is -2.55. The molecule has 2 N–H and O–H groups in total.